The van der Waals surface area contributed by atoms with Gasteiger partial charge in [0.05, 0.1) is 0 Å². The summed E-state index contributed by atoms with van der Waals surface area (Å²) in [6, 6.07) is 30.6. The Kier molecular flexibility index (Phi) is 6.91. The molecule has 4 heteroatoms. The third kappa shape index (κ3) is 5.35. The van der Waals surface area contributed by atoms with Crippen LogP contribution in [-0.4, -0.2) is 41.9 Å². The molecule has 0 spiro atoms. The van der Waals surface area contributed by atoms with Crippen molar-refractivity contribution < 1.29 is 4.79 Å². The van der Waals surface area contributed by atoms with Gasteiger partial charge in [-0.15, -0.1) is 0 Å². The molecule has 0 aliphatic carbocycles. The van der Waals surface area contributed by atoms with Crippen molar-refractivity contribution in [3.8, 4) is 0 Å². The van der Waals surface area contributed by atoms with Gasteiger partial charge in [-0.2, -0.15) is 0 Å². The number of piperazine rings is 1. The Morgan fingerprint density at radius 2 is 1.27 bits per heavy atom. The molecule has 1 N–H and O–H groups in total. The van der Waals surface area contributed by atoms with Crippen molar-refractivity contribution in [1.82, 2.24) is 15.1 Å². The van der Waals surface area contributed by atoms with E-state index in [1.165, 1.54) is 5.56 Å². The average molecular weight is 400 g/mol. The van der Waals surface area contributed by atoms with Gasteiger partial charge in [-0.3, -0.25) is 14.6 Å². The maximum absolute atomic E-state index is 13.2. The third-order valence-corrected chi connectivity index (χ3v) is 5.69. The monoisotopic (exact) mass is 399 g/mol. The summed E-state index contributed by atoms with van der Waals surface area (Å²) < 4.78 is 0. The molecule has 0 radical (unpaired) electrons. The zero-order valence-electron chi connectivity index (χ0n) is 17.3. The predicted molar refractivity (Wildman–Crippen MR) is 121 cm³/mol. The van der Waals surface area contributed by atoms with E-state index >= 15 is 0 Å². The molecule has 1 fully saturated rings. The Hall–Kier alpha value is -2.95. The number of benzene rings is 3. The molecule has 1 amide bonds. The van der Waals surface area contributed by atoms with E-state index in [-0.39, 0.29) is 11.9 Å². The molecule has 0 aromatic heterocycles. The highest BCUT2D eigenvalue weighted by molar-refractivity contribution is 5.83. The first kappa shape index (κ1) is 20.3. The number of rotatable bonds is 7. The molecule has 1 aliphatic rings. The topological polar surface area (TPSA) is 35.6 Å². The number of carbonyl (C=O) groups excluding carboxylic acids is 1. The number of amides is 1. The van der Waals surface area contributed by atoms with E-state index < -0.39 is 0 Å². The second kappa shape index (κ2) is 10.2. The number of hydrogen-bond donors (Lipinski definition) is 1. The van der Waals surface area contributed by atoms with Crippen LogP contribution in [0.25, 0.3) is 0 Å². The Bertz CT molecular complexity index is 907. The molecular formula is C26H29N3O. The summed E-state index contributed by atoms with van der Waals surface area (Å²) in [5.41, 5.74) is 3.51. The van der Waals surface area contributed by atoms with E-state index in [1.807, 2.05) is 48.5 Å². The molecule has 30 heavy (non-hydrogen) atoms. The highest BCUT2D eigenvalue weighted by Crippen LogP contribution is 2.23. The lowest BCUT2D eigenvalue weighted by Crippen LogP contribution is -2.50. The first-order valence-electron chi connectivity index (χ1n) is 10.7. The van der Waals surface area contributed by atoms with Gasteiger partial charge < -0.3 is 5.32 Å². The fraction of sp³-hybridized carbons (Fsp3) is 0.269. The van der Waals surface area contributed by atoms with Crippen molar-refractivity contribution in [2.24, 2.45) is 0 Å². The van der Waals surface area contributed by atoms with Gasteiger partial charge in [0, 0.05) is 39.3 Å². The summed E-state index contributed by atoms with van der Waals surface area (Å²) in [6.07, 6.45) is 0. The molecule has 1 atom stereocenters. The van der Waals surface area contributed by atoms with E-state index in [9.17, 15) is 4.79 Å². The normalized spacial score (nSPS) is 16.1. The first-order valence-corrected chi connectivity index (χ1v) is 10.7. The Labute approximate surface area is 179 Å². The van der Waals surface area contributed by atoms with Gasteiger partial charge in [-0.1, -0.05) is 91.0 Å². The van der Waals surface area contributed by atoms with Crippen LogP contribution in [0, 0.1) is 0 Å². The lowest BCUT2D eigenvalue weighted by atomic mass is 10.0. The quantitative estimate of drug-likeness (QED) is 0.655. The fourth-order valence-electron chi connectivity index (χ4n) is 4.07. The standard InChI is InChI=1S/C26H29N3O/c30-26(27-20-22-10-4-1-5-11-22)25(24-14-8-3-9-15-24)29-18-16-28(17-19-29)21-23-12-6-2-7-13-23/h1-15,25H,16-21H2,(H,27,30)/t25-/m1/s1. The number of nitrogens with one attached hydrogen (secondary N) is 1. The van der Waals surface area contributed by atoms with Gasteiger partial charge in [-0.25, -0.2) is 0 Å². The van der Waals surface area contributed by atoms with E-state index in [2.05, 4.69) is 57.6 Å². The smallest absolute Gasteiger partial charge is 0.242 e. The van der Waals surface area contributed by atoms with Crippen molar-refractivity contribution in [3.63, 3.8) is 0 Å². The molecular weight excluding hydrogens is 370 g/mol. The van der Waals surface area contributed by atoms with Gasteiger partial charge in [0.15, 0.2) is 0 Å². The zero-order valence-corrected chi connectivity index (χ0v) is 17.3. The molecule has 1 aliphatic heterocycles. The van der Waals surface area contributed by atoms with Crippen molar-refractivity contribution in [2.75, 3.05) is 26.2 Å². The molecule has 3 aromatic rings. The van der Waals surface area contributed by atoms with Crippen molar-refractivity contribution in [2.45, 2.75) is 19.1 Å². The van der Waals surface area contributed by atoms with Crippen LogP contribution in [0.4, 0.5) is 0 Å². The Morgan fingerprint density at radius 3 is 1.87 bits per heavy atom. The zero-order chi connectivity index (χ0) is 20.6. The van der Waals surface area contributed by atoms with E-state index in [0.717, 1.165) is 43.9 Å². The minimum atomic E-state index is -0.256. The van der Waals surface area contributed by atoms with Crippen LogP contribution < -0.4 is 5.32 Å². The minimum absolute atomic E-state index is 0.0709. The fourth-order valence-corrected chi connectivity index (χ4v) is 4.07. The molecule has 1 saturated heterocycles. The van der Waals surface area contributed by atoms with Gasteiger partial charge >= 0.3 is 0 Å². The number of carbonyl (C=O) groups is 1. The van der Waals surface area contributed by atoms with E-state index in [1.54, 1.807) is 0 Å². The predicted octanol–water partition coefficient (Wildman–Crippen LogP) is 3.86. The molecule has 1 heterocycles. The molecule has 0 saturated carbocycles. The van der Waals surface area contributed by atoms with Crippen LogP contribution in [0.2, 0.25) is 0 Å². The SMILES string of the molecule is O=C(NCc1ccccc1)[C@@H](c1ccccc1)N1CCN(Cc2ccccc2)CC1. The molecule has 0 unspecified atom stereocenters. The Balaban J connectivity index is 1.41. The van der Waals surface area contributed by atoms with Crippen molar-refractivity contribution in [1.29, 1.82) is 0 Å². The summed E-state index contributed by atoms with van der Waals surface area (Å²) in [5.74, 6) is 0.0709. The summed E-state index contributed by atoms with van der Waals surface area (Å²) in [7, 11) is 0. The lowest BCUT2D eigenvalue weighted by molar-refractivity contribution is -0.127. The van der Waals surface area contributed by atoms with Crippen molar-refractivity contribution >= 4 is 5.91 Å². The second-order valence-electron chi connectivity index (χ2n) is 7.81. The highest BCUT2D eigenvalue weighted by atomic mass is 16.2. The number of hydrogen-bond acceptors (Lipinski definition) is 3. The van der Waals surface area contributed by atoms with Crippen LogP contribution in [-0.2, 0) is 17.9 Å². The summed E-state index contributed by atoms with van der Waals surface area (Å²) in [4.78, 5) is 18.0. The number of nitrogens with zero attached hydrogens (tertiary/aromatic N) is 2. The summed E-state index contributed by atoms with van der Waals surface area (Å²) in [5, 5.41) is 3.15. The first-order chi connectivity index (χ1) is 14.8. The van der Waals surface area contributed by atoms with Gasteiger partial charge in [0.1, 0.15) is 6.04 Å². The maximum Gasteiger partial charge on any atom is 0.242 e. The maximum atomic E-state index is 13.2. The van der Waals surface area contributed by atoms with Crippen molar-refractivity contribution in [3.05, 3.63) is 108 Å². The highest BCUT2D eigenvalue weighted by Gasteiger charge is 2.30. The van der Waals surface area contributed by atoms with E-state index in [0.29, 0.717) is 6.54 Å². The molecule has 4 nitrogen and oxygen atoms in total. The summed E-state index contributed by atoms with van der Waals surface area (Å²) >= 11 is 0. The van der Waals surface area contributed by atoms with Crippen LogP contribution >= 0.6 is 0 Å². The minimum Gasteiger partial charge on any atom is -0.350 e. The molecule has 4 rings (SSSR count). The lowest BCUT2D eigenvalue weighted by Gasteiger charge is -2.38. The van der Waals surface area contributed by atoms with Gasteiger partial charge in [0.2, 0.25) is 5.91 Å². The largest absolute Gasteiger partial charge is 0.350 e. The van der Waals surface area contributed by atoms with Crippen LogP contribution in [0.15, 0.2) is 91.0 Å². The summed E-state index contributed by atoms with van der Waals surface area (Å²) in [6.45, 7) is 5.20. The third-order valence-electron chi connectivity index (χ3n) is 5.69. The van der Waals surface area contributed by atoms with E-state index in [4.69, 9.17) is 0 Å². The Morgan fingerprint density at radius 1 is 0.733 bits per heavy atom. The molecule has 154 valence electrons. The second-order valence-corrected chi connectivity index (χ2v) is 7.81. The molecule has 3 aromatic carbocycles. The molecule has 0 bridgehead atoms. The van der Waals surface area contributed by atoms with Gasteiger partial charge in [-0.05, 0) is 16.7 Å². The average Bonchev–Trinajstić information content (AvgIpc) is 2.81. The van der Waals surface area contributed by atoms with Gasteiger partial charge in [0.25, 0.3) is 0 Å². The van der Waals surface area contributed by atoms with Crippen LogP contribution in [0.5, 0.6) is 0 Å². The van der Waals surface area contributed by atoms with Crippen LogP contribution in [0.3, 0.4) is 0 Å². The van der Waals surface area contributed by atoms with Crippen LogP contribution in [0.1, 0.15) is 22.7 Å².